The van der Waals surface area contributed by atoms with Crippen LogP contribution in [0.3, 0.4) is 0 Å². The molecule has 5 saturated carbocycles. The van der Waals surface area contributed by atoms with Crippen molar-refractivity contribution in [3.8, 4) is 0 Å². The van der Waals surface area contributed by atoms with E-state index in [0.29, 0.717) is 27.6 Å². The van der Waals surface area contributed by atoms with Gasteiger partial charge in [-0.1, -0.05) is 84.0 Å². The lowest BCUT2D eigenvalue weighted by atomic mass is 9.32. The number of ether oxygens (including phenoxy) is 1. The lowest BCUT2D eigenvalue weighted by molar-refractivity contribution is -0.248. The largest absolute Gasteiger partial charge is 0.459 e. The molecule has 0 heterocycles. The Bertz CT molecular complexity index is 1210. The first-order valence-corrected chi connectivity index (χ1v) is 16.9. The Labute approximate surface area is 250 Å². The van der Waals surface area contributed by atoms with E-state index >= 15 is 0 Å². The highest BCUT2D eigenvalue weighted by atomic mass is 16.5. The van der Waals surface area contributed by atoms with Gasteiger partial charge in [0.15, 0.2) is 0 Å². The van der Waals surface area contributed by atoms with E-state index in [2.05, 4.69) is 55.0 Å². The van der Waals surface area contributed by atoms with Crippen LogP contribution in [0.25, 0.3) is 6.08 Å². The van der Waals surface area contributed by atoms with Crippen molar-refractivity contribution in [2.45, 2.75) is 119 Å². The summed E-state index contributed by atoms with van der Waals surface area (Å²) in [5.74, 6) is 3.50. The minimum Gasteiger partial charge on any atom is -0.459 e. The first-order valence-electron chi connectivity index (χ1n) is 16.9. The third kappa shape index (κ3) is 4.27. The highest BCUT2D eigenvalue weighted by Crippen LogP contribution is 2.77. The maximum atomic E-state index is 13.0. The normalized spacial score (nSPS) is 46.6. The molecular formula is C39H56O2. The number of hydrogen-bond donors (Lipinski definition) is 0. The fourth-order valence-corrected chi connectivity index (χ4v) is 12.6. The van der Waals surface area contributed by atoms with E-state index in [1.54, 1.807) is 6.08 Å². The second-order valence-electron chi connectivity index (χ2n) is 16.9. The molecule has 224 valence electrons. The van der Waals surface area contributed by atoms with Gasteiger partial charge in [0.05, 0.1) is 0 Å². The van der Waals surface area contributed by atoms with Crippen LogP contribution in [0.2, 0.25) is 0 Å². The standard InChI is InChI=1S/C39H56O2/c1-26(2)28-18-21-36(5)24-25-38(7)29(34(28)36)15-16-31-37(6)22-20-32(35(3,4)30(37)19-23-39(31,38)8)41-33(40)17-14-27-12-10-9-11-13-27/h9-14,17,28-32,34H,1,15-16,18-25H2,2-8H3/b17-14+/t28-,29+,30-,31+,32-,34+,36+,37-,38+,39+/m0/s1. The summed E-state index contributed by atoms with van der Waals surface area (Å²) in [6.07, 6.45) is 16.6. The van der Waals surface area contributed by atoms with Crippen LogP contribution in [-0.4, -0.2) is 12.1 Å². The average molecular weight is 557 g/mol. The molecule has 0 amide bonds. The first kappa shape index (κ1) is 29.3. The summed E-state index contributed by atoms with van der Waals surface area (Å²) in [6.45, 7) is 22.4. The van der Waals surface area contributed by atoms with E-state index in [9.17, 15) is 4.79 Å². The van der Waals surface area contributed by atoms with E-state index in [0.717, 1.165) is 35.7 Å². The van der Waals surface area contributed by atoms with Crippen LogP contribution in [-0.2, 0) is 9.53 Å². The number of rotatable bonds is 4. The van der Waals surface area contributed by atoms with Crippen LogP contribution in [0, 0.1) is 56.7 Å². The number of fused-ring (bicyclic) bond motifs is 7. The number of carbonyl (C=O) groups excluding carboxylic acids is 1. The molecular weight excluding hydrogens is 500 g/mol. The predicted molar refractivity (Wildman–Crippen MR) is 170 cm³/mol. The van der Waals surface area contributed by atoms with Crippen molar-refractivity contribution in [1.82, 2.24) is 0 Å². The SMILES string of the molecule is C=C(C)[C@@H]1CC[C@]2(C)CC[C@]3(C)[C@H](CC[C@@H]4[C@@]5(C)CC[C@H](OC(=O)/C=C/c6ccccc6)C(C)(C)[C@@H]5CC[C@]43C)[C@@H]12. The molecule has 10 atom stereocenters. The van der Waals surface area contributed by atoms with E-state index in [1.165, 1.54) is 63.4 Å². The lowest BCUT2D eigenvalue weighted by Gasteiger charge is -2.73. The van der Waals surface area contributed by atoms with Crippen molar-refractivity contribution in [3.05, 3.63) is 54.1 Å². The lowest BCUT2D eigenvalue weighted by Crippen LogP contribution is -2.66. The summed E-state index contributed by atoms with van der Waals surface area (Å²) >= 11 is 0. The van der Waals surface area contributed by atoms with Crippen molar-refractivity contribution < 1.29 is 9.53 Å². The fraction of sp³-hybridized carbons (Fsp3) is 0.718. The van der Waals surface area contributed by atoms with Crippen LogP contribution >= 0.6 is 0 Å². The first-order chi connectivity index (χ1) is 19.3. The predicted octanol–water partition coefficient (Wildman–Crippen LogP) is 10.3. The zero-order valence-corrected chi connectivity index (χ0v) is 27.1. The van der Waals surface area contributed by atoms with Crippen LogP contribution in [0.4, 0.5) is 0 Å². The van der Waals surface area contributed by atoms with Gasteiger partial charge in [0, 0.05) is 11.5 Å². The van der Waals surface area contributed by atoms with Crippen molar-refractivity contribution in [3.63, 3.8) is 0 Å². The Balaban J connectivity index is 1.24. The molecule has 5 aliphatic rings. The second-order valence-corrected chi connectivity index (χ2v) is 16.9. The molecule has 0 N–H and O–H groups in total. The minimum absolute atomic E-state index is 0.0185. The molecule has 1 aromatic rings. The number of benzene rings is 1. The average Bonchev–Trinajstić information content (AvgIpc) is 3.28. The topological polar surface area (TPSA) is 26.3 Å². The molecule has 0 saturated heterocycles. The van der Waals surface area contributed by atoms with Crippen LogP contribution in [0.1, 0.15) is 118 Å². The number of carbonyl (C=O) groups is 1. The molecule has 1 aromatic carbocycles. The number of allylic oxidation sites excluding steroid dienone is 1. The van der Waals surface area contributed by atoms with Crippen molar-refractivity contribution in [2.24, 2.45) is 56.7 Å². The van der Waals surface area contributed by atoms with Crippen LogP contribution < -0.4 is 0 Å². The van der Waals surface area contributed by atoms with Gasteiger partial charge in [-0.3, -0.25) is 0 Å². The summed E-state index contributed by atoms with van der Waals surface area (Å²) in [4.78, 5) is 13.0. The Kier molecular flexibility index (Phi) is 7.03. The monoisotopic (exact) mass is 556 g/mol. The summed E-state index contributed by atoms with van der Waals surface area (Å²) < 4.78 is 6.25. The van der Waals surface area contributed by atoms with Crippen LogP contribution in [0.5, 0.6) is 0 Å². The van der Waals surface area contributed by atoms with Gasteiger partial charge in [0.1, 0.15) is 6.10 Å². The van der Waals surface area contributed by atoms with Gasteiger partial charge in [0.2, 0.25) is 0 Å². The molecule has 0 aromatic heterocycles. The zero-order valence-electron chi connectivity index (χ0n) is 27.1. The molecule has 0 bridgehead atoms. The summed E-state index contributed by atoms with van der Waals surface area (Å²) in [5.41, 5.74) is 4.05. The maximum absolute atomic E-state index is 13.0. The summed E-state index contributed by atoms with van der Waals surface area (Å²) in [7, 11) is 0. The van der Waals surface area contributed by atoms with Gasteiger partial charge in [-0.25, -0.2) is 4.79 Å². The molecule has 2 heteroatoms. The molecule has 0 spiro atoms. The third-order valence-corrected chi connectivity index (χ3v) is 14.9. The highest BCUT2D eigenvalue weighted by molar-refractivity contribution is 5.87. The third-order valence-electron chi connectivity index (χ3n) is 14.9. The molecule has 0 radical (unpaired) electrons. The van der Waals surface area contributed by atoms with Gasteiger partial charge in [-0.05, 0) is 134 Å². The molecule has 5 aliphatic carbocycles. The maximum Gasteiger partial charge on any atom is 0.331 e. The Hall–Kier alpha value is -1.83. The molecule has 5 fully saturated rings. The van der Waals surface area contributed by atoms with E-state index < -0.39 is 0 Å². The van der Waals surface area contributed by atoms with Crippen molar-refractivity contribution >= 4 is 12.0 Å². The van der Waals surface area contributed by atoms with Crippen molar-refractivity contribution in [1.29, 1.82) is 0 Å². The minimum atomic E-state index is -0.196. The van der Waals surface area contributed by atoms with E-state index in [1.807, 2.05) is 36.4 Å². The molecule has 0 unspecified atom stereocenters. The molecule has 2 nitrogen and oxygen atoms in total. The van der Waals surface area contributed by atoms with E-state index in [-0.39, 0.29) is 17.5 Å². The van der Waals surface area contributed by atoms with Crippen LogP contribution in [0.15, 0.2) is 48.6 Å². The molecule has 6 rings (SSSR count). The summed E-state index contributed by atoms with van der Waals surface area (Å²) in [5, 5.41) is 0. The number of hydrogen-bond acceptors (Lipinski definition) is 2. The zero-order chi connectivity index (χ0) is 29.4. The quantitative estimate of drug-likeness (QED) is 0.209. The Morgan fingerprint density at radius 2 is 1.56 bits per heavy atom. The molecule has 41 heavy (non-hydrogen) atoms. The van der Waals surface area contributed by atoms with Gasteiger partial charge in [-0.2, -0.15) is 0 Å². The van der Waals surface area contributed by atoms with E-state index in [4.69, 9.17) is 4.74 Å². The van der Waals surface area contributed by atoms with Gasteiger partial charge in [-0.15, -0.1) is 0 Å². The van der Waals surface area contributed by atoms with Gasteiger partial charge < -0.3 is 4.74 Å². The smallest absolute Gasteiger partial charge is 0.331 e. The number of esters is 1. The Morgan fingerprint density at radius 1 is 0.829 bits per heavy atom. The van der Waals surface area contributed by atoms with Gasteiger partial charge in [0.25, 0.3) is 0 Å². The Morgan fingerprint density at radius 3 is 2.27 bits per heavy atom. The van der Waals surface area contributed by atoms with Gasteiger partial charge >= 0.3 is 5.97 Å². The highest BCUT2D eigenvalue weighted by Gasteiger charge is 2.70. The second kappa shape index (κ2) is 9.85. The fourth-order valence-electron chi connectivity index (χ4n) is 12.6. The van der Waals surface area contributed by atoms with Crippen molar-refractivity contribution in [2.75, 3.05) is 0 Å². The molecule has 0 aliphatic heterocycles. The summed E-state index contributed by atoms with van der Waals surface area (Å²) in [6, 6.07) is 10.0.